The lowest BCUT2D eigenvalue weighted by molar-refractivity contribution is 0.282. The van der Waals surface area contributed by atoms with Crippen LogP contribution < -0.4 is 10.6 Å². The molecule has 1 aromatic heterocycles. The van der Waals surface area contributed by atoms with Gasteiger partial charge in [0, 0.05) is 19.2 Å². The molecule has 1 aliphatic carbocycles. The molecule has 2 rings (SSSR count). The zero-order valence-electron chi connectivity index (χ0n) is 9.34. The molecule has 0 bridgehead atoms. The van der Waals surface area contributed by atoms with Crippen molar-refractivity contribution in [2.24, 2.45) is 0 Å². The van der Waals surface area contributed by atoms with Crippen LogP contribution in [0.5, 0.6) is 0 Å². The number of nitrogens with zero attached hydrogens (tertiary/aromatic N) is 3. The molecule has 1 heterocycles. The predicted molar refractivity (Wildman–Crippen MR) is 63.1 cm³/mol. The molecular weight excluding hydrogens is 204 g/mol. The third-order valence-electron chi connectivity index (χ3n) is 3.04. The van der Waals surface area contributed by atoms with Crippen molar-refractivity contribution in [2.75, 3.05) is 23.8 Å². The van der Waals surface area contributed by atoms with Gasteiger partial charge < -0.3 is 15.7 Å². The van der Waals surface area contributed by atoms with E-state index in [0.29, 0.717) is 11.9 Å². The van der Waals surface area contributed by atoms with Crippen molar-refractivity contribution in [3.63, 3.8) is 0 Å². The summed E-state index contributed by atoms with van der Waals surface area (Å²) in [5.41, 5.74) is 5.52. The fraction of sp³-hybridized carbons (Fsp3) is 0.636. The summed E-state index contributed by atoms with van der Waals surface area (Å²) in [5, 5.41) is 16.9. The van der Waals surface area contributed by atoms with Crippen LogP contribution in [0.4, 0.5) is 11.6 Å². The van der Waals surface area contributed by atoms with Crippen LogP contribution in [0.15, 0.2) is 12.1 Å². The number of aliphatic hydroxyl groups is 1. The summed E-state index contributed by atoms with van der Waals surface area (Å²) in [4.78, 5) is 2.23. The first-order valence-electron chi connectivity index (χ1n) is 5.78. The Hall–Kier alpha value is -1.36. The van der Waals surface area contributed by atoms with Crippen LogP contribution in [-0.2, 0) is 0 Å². The molecule has 0 radical (unpaired) electrons. The molecule has 88 valence electrons. The van der Waals surface area contributed by atoms with E-state index in [4.69, 9.17) is 10.8 Å². The minimum atomic E-state index is 0.214. The van der Waals surface area contributed by atoms with Gasteiger partial charge in [0.2, 0.25) is 0 Å². The normalized spacial score (nSPS) is 15.8. The Morgan fingerprint density at radius 3 is 2.69 bits per heavy atom. The molecule has 1 fully saturated rings. The van der Waals surface area contributed by atoms with Crippen molar-refractivity contribution < 1.29 is 5.11 Å². The average molecular weight is 222 g/mol. The van der Waals surface area contributed by atoms with Crippen molar-refractivity contribution >= 4 is 11.6 Å². The first kappa shape index (κ1) is 11.1. The lowest BCUT2D eigenvalue weighted by Crippen LogP contribution is -2.41. The molecule has 0 aromatic carbocycles. The van der Waals surface area contributed by atoms with Gasteiger partial charge in [-0.05, 0) is 37.8 Å². The number of rotatable bonds is 5. The third kappa shape index (κ3) is 2.41. The molecule has 0 unspecified atom stereocenters. The van der Waals surface area contributed by atoms with Crippen molar-refractivity contribution in [3.05, 3.63) is 12.1 Å². The topological polar surface area (TPSA) is 75.3 Å². The summed E-state index contributed by atoms with van der Waals surface area (Å²) in [6.07, 6.45) is 4.46. The molecular formula is C11H18N4O. The van der Waals surface area contributed by atoms with E-state index >= 15 is 0 Å². The minimum Gasteiger partial charge on any atom is -0.396 e. The Bertz CT molecular complexity index is 323. The fourth-order valence-electron chi connectivity index (χ4n) is 1.91. The van der Waals surface area contributed by atoms with E-state index in [1.807, 2.05) is 6.07 Å². The maximum Gasteiger partial charge on any atom is 0.151 e. The smallest absolute Gasteiger partial charge is 0.151 e. The molecule has 0 amide bonds. The SMILES string of the molecule is Nc1ccc(N(CCCO)C2CCC2)nn1. The zero-order chi connectivity index (χ0) is 11.4. The second-order valence-electron chi connectivity index (χ2n) is 4.17. The quantitative estimate of drug-likeness (QED) is 0.770. The maximum absolute atomic E-state index is 8.90. The van der Waals surface area contributed by atoms with Crippen LogP contribution >= 0.6 is 0 Å². The average Bonchev–Trinajstić information content (AvgIpc) is 2.23. The fourth-order valence-corrected chi connectivity index (χ4v) is 1.91. The lowest BCUT2D eigenvalue weighted by Gasteiger charge is -2.38. The van der Waals surface area contributed by atoms with Crippen molar-refractivity contribution in [2.45, 2.75) is 31.7 Å². The van der Waals surface area contributed by atoms with Crippen LogP contribution in [0.25, 0.3) is 0 Å². The van der Waals surface area contributed by atoms with Crippen LogP contribution in [0, 0.1) is 0 Å². The van der Waals surface area contributed by atoms with E-state index in [1.54, 1.807) is 6.07 Å². The summed E-state index contributed by atoms with van der Waals surface area (Å²) in [5.74, 6) is 1.31. The van der Waals surface area contributed by atoms with Crippen molar-refractivity contribution in [1.82, 2.24) is 10.2 Å². The molecule has 0 aliphatic heterocycles. The highest BCUT2D eigenvalue weighted by Crippen LogP contribution is 2.28. The van der Waals surface area contributed by atoms with Gasteiger partial charge in [-0.3, -0.25) is 0 Å². The van der Waals surface area contributed by atoms with E-state index in [1.165, 1.54) is 19.3 Å². The van der Waals surface area contributed by atoms with Crippen LogP contribution in [-0.4, -0.2) is 34.5 Å². The predicted octanol–water partition coefficient (Wildman–Crippen LogP) is 0.800. The van der Waals surface area contributed by atoms with E-state index < -0.39 is 0 Å². The lowest BCUT2D eigenvalue weighted by atomic mass is 9.91. The highest BCUT2D eigenvalue weighted by Gasteiger charge is 2.25. The highest BCUT2D eigenvalue weighted by atomic mass is 16.3. The zero-order valence-corrected chi connectivity index (χ0v) is 9.34. The molecule has 5 nitrogen and oxygen atoms in total. The van der Waals surface area contributed by atoms with E-state index in [-0.39, 0.29) is 6.61 Å². The molecule has 0 atom stereocenters. The Morgan fingerprint density at radius 1 is 1.38 bits per heavy atom. The maximum atomic E-state index is 8.90. The number of hydrogen-bond acceptors (Lipinski definition) is 5. The van der Waals surface area contributed by atoms with Gasteiger partial charge in [-0.15, -0.1) is 10.2 Å². The van der Waals surface area contributed by atoms with Gasteiger partial charge in [-0.25, -0.2) is 0 Å². The van der Waals surface area contributed by atoms with Gasteiger partial charge in [0.15, 0.2) is 5.82 Å². The van der Waals surface area contributed by atoms with Crippen LogP contribution in [0.2, 0.25) is 0 Å². The minimum absolute atomic E-state index is 0.214. The monoisotopic (exact) mass is 222 g/mol. The number of nitrogens with two attached hydrogens (primary N) is 1. The van der Waals surface area contributed by atoms with Crippen molar-refractivity contribution in [3.8, 4) is 0 Å². The van der Waals surface area contributed by atoms with Gasteiger partial charge in [0.1, 0.15) is 5.82 Å². The molecule has 0 saturated heterocycles. The molecule has 16 heavy (non-hydrogen) atoms. The Balaban J connectivity index is 2.07. The first-order valence-corrected chi connectivity index (χ1v) is 5.78. The molecule has 1 saturated carbocycles. The van der Waals surface area contributed by atoms with E-state index in [0.717, 1.165) is 18.8 Å². The number of anilines is 2. The van der Waals surface area contributed by atoms with E-state index in [2.05, 4.69) is 15.1 Å². The summed E-state index contributed by atoms with van der Waals surface area (Å²) in [7, 11) is 0. The Labute approximate surface area is 95.3 Å². The first-order chi connectivity index (χ1) is 7.81. The largest absolute Gasteiger partial charge is 0.396 e. The van der Waals surface area contributed by atoms with Crippen LogP contribution in [0.1, 0.15) is 25.7 Å². The highest BCUT2D eigenvalue weighted by molar-refractivity contribution is 5.42. The number of aliphatic hydroxyl groups excluding tert-OH is 1. The number of nitrogen functional groups attached to an aromatic ring is 1. The van der Waals surface area contributed by atoms with Gasteiger partial charge in [0.05, 0.1) is 0 Å². The number of hydrogen-bond donors (Lipinski definition) is 2. The third-order valence-corrected chi connectivity index (χ3v) is 3.04. The summed E-state index contributed by atoms with van der Waals surface area (Å²) in [6.45, 7) is 1.05. The van der Waals surface area contributed by atoms with Gasteiger partial charge in [-0.1, -0.05) is 0 Å². The van der Waals surface area contributed by atoms with Gasteiger partial charge in [-0.2, -0.15) is 0 Å². The second-order valence-corrected chi connectivity index (χ2v) is 4.17. The van der Waals surface area contributed by atoms with Gasteiger partial charge >= 0.3 is 0 Å². The molecule has 3 N–H and O–H groups in total. The summed E-state index contributed by atoms with van der Waals surface area (Å²) in [6, 6.07) is 4.23. The number of aromatic nitrogens is 2. The summed E-state index contributed by atoms with van der Waals surface area (Å²) >= 11 is 0. The molecule has 0 spiro atoms. The van der Waals surface area contributed by atoms with Crippen LogP contribution in [0.3, 0.4) is 0 Å². The summed E-state index contributed by atoms with van der Waals surface area (Å²) < 4.78 is 0. The van der Waals surface area contributed by atoms with E-state index in [9.17, 15) is 0 Å². The second kappa shape index (κ2) is 5.12. The van der Waals surface area contributed by atoms with Gasteiger partial charge in [0.25, 0.3) is 0 Å². The molecule has 1 aromatic rings. The standard InChI is InChI=1S/C11H18N4O/c12-10-5-6-11(14-13-10)15(7-2-8-16)9-3-1-4-9/h5-6,9,16H,1-4,7-8H2,(H2,12,13). The molecule has 1 aliphatic rings. The molecule has 5 heteroatoms. The Morgan fingerprint density at radius 2 is 2.19 bits per heavy atom. The Kier molecular flexibility index (Phi) is 3.56. The van der Waals surface area contributed by atoms with Crippen molar-refractivity contribution in [1.29, 1.82) is 0 Å².